The number of rotatable bonds is 5. The molecular weight excluding hydrogens is 266 g/mol. The lowest BCUT2D eigenvalue weighted by Gasteiger charge is -2.15. The van der Waals surface area contributed by atoms with E-state index in [-0.39, 0.29) is 0 Å². The molecule has 2 aromatic heterocycles. The Balaban J connectivity index is 2.56. The minimum atomic E-state index is 0.387. The largest absolute Gasteiger partial charge is 0.309 e. The fraction of sp³-hybridized carbons (Fsp3) is 0.538. The van der Waals surface area contributed by atoms with Crippen LogP contribution in [0.25, 0.3) is 11.2 Å². The van der Waals surface area contributed by atoms with Gasteiger partial charge in [0, 0.05) is 29.8 Å². The molecule has 1 atom stereocenters. The molecule has 18 heavy (non-hydrogen) atoms. The smallest absolute Gasteiger partial charge is 0.160 e. The van der Waals surface area contributed by atoms with Crippen LogP contribution < -0.4 is 0 Å². The molecule has 2 rings (SSSR count). The summed E-state index contributed by atoms with van der Waals surface area (Å²) in [5.41, 5.74) is 2.97. The van der Waals surface area contributed by atoms with Crippen molar-refractivity contribution in [2.75, 3.05) is 17.9 Å². The fourth-order valence-corrected chi connectivity index (χ4v) is 2.96. The highest BCUT2D eigenvalue weighted by Gasteiger charge is 2.16. The van der Waals surface area contributed by atoms with Crippen molar-refractivity contribution >= 4 is 34.5 Å². The third kappa shape index (κ3) is 2.64. The molecule has 1 unspecified atom stereocenters. The van der Waals surface area contributed by atoms with Gasteiger partial charge in [0.1, 0.15) is 11.3 Å². The Morgan fingerprint density at radius 1 is 1.39 bits per heavy atom. The molecule has 5 heteroatoms. The molecule has 3 nitrogen and oxygen atoms in total. The molecule has 0 aromatic carbocycles. The zero-order valence-corrected chi connectivity index (χ0v) is 12.6. The third-order valence-corrected chi connectivity index (χ3v) is 3.92. The molecule has 0 N–H and O–H groups in total. The van der Waals surface area contributed by atoms with Gasteiger partial charge in [0.2, 0.25) is 0 Å². The molecule has 0 bridgehead atoms. The van der Waals surface area contributed by atoms with E-state index in [0.717, 1.165) is 34.9 Å². The molecule has 0 fully saturated rings. The quantitative estimate of drug-likeness (QED) is 0.788. The summed E-state index contributed by atoms with van der Waals surface area (Å²) in [6, 6.07) is 4.43. The molecule has 0 spiro atoms. The summed E-state index contributed by atoms with van der Waals surface area (Å²) >= 11 is 7.71. The normalized spacial score (nSPS) is 13.1. The van der Waals surface area contributed by atoms with Gasteiger partial charge in [-0.2, -0.15) is 11.8 Å². The number of imidazole rings is 1. The summed E-state index contributed by atoms with van der Waals surface area (Å²) in [5, 5.41) is 0. The first kappa shape index (κ1) is 13.7. The van der Waals surface area contributed by atoms with Gasteiger partial charge in [-0.05, 0) is 32.2 Å². The van der Waals surface area contributed by atoms with Crippen LogP contribution in [0.3, 0.4) is 0 Å². The summed E-state index contributed by atoms with van der Waals surface area (Å²) in [4.78, 5) is 9.28. The Labute approximate surface area is 117 Å². The van der Waals surface area contributed by atoms with E-state index in [9.17, 15) is 0 Å². The van der Waals surface area contributed by atoms with E-state index >= 15 is 0 Å². The van der Waals surface area contributed by atoms with E-state index in [1.807, 2.05) is 30.8 Å². The van der Waals surface area contributed by atoms with E-state index in [0.29, 0.717) is 11.9 Å². The molecule has 0 radical (unpaired) electrons. The van der Waals surface area contributed by atoms with Crippen LogP contribution in [0.1, 0.15) is 24.5 Å². The van der Waals surface area contributed by atoms with E-state index in [1.54, 1.807) is 0 Å². The van der Waals surface area contributed by atoms with Crippen LogP contribution in [-0.2, 0) is 6.42 Å². The van der Waals surface area contributed by atoms with Crippen LogP contribution in [0.2, 0.25) is 0 Å². The van der Waals surface area contributed by atoms with Crippen LogP contribution in [0.5, 0.6) is 0 Å². The molecule has 0 saturated carbocycles. The number of alkyl halides is 1. The Morgan fingerprint density at radius 2 is 2.17 bits per heavy atom. The molecule has 98 valence electrons. The first-order chi connectivity index (χ1) is 8.67. The fourth-order valence-electron chi connectivity index (χ4n) is 2.16. The maximum atomic E-state index is 5.87. The maximum Gasteiger partial charge on any atom is 0.160 e. The van der Waals surface area contributed by atoms with Gasteiger partial charge >= 0.3 is 0 Å². The van der Waals surface area contributed by atoms with Crippen LogP contribution in [0, 0.1) is 6.92 Å². The van der Waals surface area contributed by atoms with Crippen LogP contribution in [-0.4, -0.2) is 32.4 Å². The van der Waals surface area contributed by atoms with Crippen molar-refractivity contribution in [2.24, 2.45) is 0 Å². The Kier molecular flexibility index (Phi) is 4.51. The predicted molar refractivity (Wildman–Crippen MR) is 79.8 cm³/mol. The first-order valence-electron chi connectivity index (χ1n) is 6.06. The van der Waals surface area contributed by atoms with Gasteiger partial charge in [-0.15, -0.1) is 11.6 Å². The van der Waals surface area contributed by atoms with Crippen molar-refractivity contribution < 1.29 is 0 Å². The van der Waals surface area contributed by atoms with Gasteiger partial charge in [-0.25, -0.2) is 9.97 Å². The Bertz CT molecular complexity index is 538. The molecular formula is C13H18ClN3S. The molecule has 2 aromatic rings. The molecule has 0 saturated heterocycles. The Morgan fingerprint density at radius 3 is 2.83 bits per heavy atom. The molecule has 0 aliphatic carbocycles. The number of pyridine rings is 1. The van der Waals surface area contributed by atoms with Crippen LogP contribution in [0.15, 0.2) is 12.1 Å². The summed E-state index contributed by atoms with van der Waals surface area (Å²) in [6.07, 6.45) is 2.91. The van der Waals surface area contributed by atoms with Crippen LogP contribution in [0.4, 0.5) is 0 Å². The number of halogens is 1. The second-order valence-electron chi connectivity index (χ2n) is 4.44. The highest BCUT2D eigenvalue weighted by molar-refractivity contribution is 7.98. The van der Waals surface area contributed by atoms with E-state index in [4.69, 9.17) is 11.6 Å². The number of aryl methyl sites for hydroxylation is 2. The van der Waals surface area contributed by atoms with Crippen molar-refractivity contribution in [1.29, 1.82) is 0 Å². The van der Waals surface area contributed by atoms with Gasteiger partial charge in [-0.3, -0.25) is 0 Å². The number of hydrogen-bond donors (Lipinski definition) is 0. The van der Waals surface area contributed by atoms with E-state index in [1.165, 1.54) is 0 Å². The van der Waals surface area contributed by atoms with Crippen molar-refractivity contribution in [3.63, 3.8) is 0 Å². The van der Waals surface area contributed by atoms with E-state index in [2.05, 4.69) is 27.7 Å². The SMILES string of the molecule is CSCC(C)n1c(CCCl)nc2ccc(C)nc21. The van der Waals surface area contributed by atoms with Gasteiger partial charge < -0.3 is 4.57 Å². The minimum Gasteiger partial charge on any atom is -0.309 e. The second-order valence-corrected chi connectivity index (χ2v) is 5.73. The highest BCUT2D eigenvalue weighted by Crippen LogP contribution is 2.22. The predicted octanol–water partition coefficient (Wildman–Crippen LogP) is 3.45. The number of fused-ring (bicyclic) bond motifs is 1. The maximum absolute atomic E-state index is 5.87. The molecule has 2 heterocycles. The Hall–Kier alpha value is -0.740. The van der Waals surface area contributed by atoms with Crippen molar-refractivity contribution in [3.05, 3.63) is 23.7 Å². The summed E-state index contributed by atoms with van der Waals surface area (Å²) < 4.78 is 2.24. The molecule has 0 amide bonds. The summed E-state index contributed by atoms with van der Waals surface area (Å²) in [7, 11) is 0. The standard InChI is InChI=1S/C13H18ClN3S/c1-9-4-5-11-13(15-9)17(10(2)8-18-3)12(16-11)6-7-14/h4-5,10H,6-8H2,1-3H3. The summed E-state index contributed by atoms with van der Waals surface area (Å²) in [5.74, 6) is 2.68. The lowest BCUT2D eigenvalue weighted by Crippen LogP contribution is -2.12. The lowest BCUT2D eigenvalue weighted by atomic mass is 10.3. The van der Waals surface area contributed by atoms with E-state index < -0.39 is 0 Å². The van der Waals surface area contributed by atoms with Crippen molar-refractivity contribution in [3.8, 4) is 0 Å². The minimum absolute atomic E-state index is 0.387. The number of nitrogens with zero attached hydrogens (tertiary/aromatic N) is 3. The zero-order chi connectivity index (χ0) is 13.1. The van der Waals surface area contributed by atoms with Crippen molar-refractivity contribution in [1.82, 2.24) is 14.5 Å². The first-order valence-corrected chi connectivity index (χ1v) is 7.99. The monoisotopic (exact) mass is 283 g/mol. The average molecular weight is 284 g/mol. The zero-order valence-electron chi connectivity index (χ0n) is 11.0. The third-order valence-electron chi connectivity index (χ3n) is 2.92. The van der Waals surface area contributed by atoms with Gasteiger partial charge in [0.15, 0.2) is 5.65 Å². The molecule has 0 aliphatic rings. The summed E-state index contributed by atoms with van der Waals surface area (Å²) in [6.45, 7) is 4.22. The van der Waals surface area contributed by atoms with Gasteiger partial charge in [0.25, 0.3) is 0 Å². The lowest BCUT2D eigenvalue weighted by molar-refractivity contribution is 0.593. The second kappa shape index (κ2) is 5.93. The van der Waals surface area contributed by atoms with Crippen molar-refractivity contribution in [2.45, 2.75) is 26.3 Å². The number of aromatic nitrogens is 3. The number of thioether (sulfide) groups is 1. The number of hydrogen-bond acceptors (Lipinski definition) is 3. The highest BCUT2D eigenvalue weighted by atomic mass is 35.5. The average Bonchev–Trinajstić information content (AvgIpc) is 2.67. The van der Waals surface area contributed by atoms with Gasteiger partial charge in [0.05, 0.1) is 0 Å². The van der Waals surface area contributed by atoms with Crippen LogP contribution >= 0.6 is 23.4 Å². The topological polar surface area (TPSA) is 30.7 Å². The van der Waals surface area contributed by atoms with Gasteiger partial charge in [-0.1, -0.05) is 0 Å². The molecule has 0 aliphatic heterocycles.